The molecular formula is C15H23BrN2. The minimum absolute atomic E-state index is 0.604. The molecule has 1 aromatic rings. The molecule has 18 heavy (non-hydrogen) atoms. The van der Waals surface area contributed by atoms with Gasteiger partial charge in [0.15, 0.2) is 0 Å². The summed E-state index contributed by atoms with van der Waals surface area (Å²) in [5, 5.41) is 3.65. The molecule has 3 heteroatoms. The van der Waals surface area contributed by atoms with Gasteiger partial charge in [-0.25, -0.2) is 0 Å². The first-order valence-corrected chi connectivity index (χ1v) is 7.58. The van der Waals surface area contributed by atoms with Gasteiger partial charge in [0.1, 0.15) is 0 Å². The van der Waals surface area contributed by atoms with E-state index in [1.807, 2.05) is 0 Å². The highest BCUT2D eigenvalue weighted by Crippen LogP contribution is 2.21. The SMILES string of the molecule is CC(C)C1CN(Cc2ccccc2Br)C(C)CN1. The van der Waals surface area contributed by atoms with Crippen molar-refractivity contribution in [2.75, 3.05) is 13.1 Å². The minimum atomic E-state index is 0.604. The molecule has 2 nitrogen and oxygen atoms in total. The average molecular weight is 311 g/mol. The van der Waals surface area contributed by atoms with Gasteiger partial charge >= 0.3 is 0 Å². The van der Waals surface area contributed by atoms with Crippen molar-refractivity contribution in [3.8, 4) is 0 Å². The molecule has 1 aliphatic heterocycles. The normalized spacial score (nSPS) is 25.6. The fraction of sp³-hybridized carbons (Fsp3) is 0.600. The number of nitrogens with one attached hydrogen (secondary N) is 1. The maximum absolute atomic E-state index is 3.65. The van der Waals surface area contributed by atoms with E-state index in [-0.39, 0.29) is 0 Å². The van der Waals surface area contributed by atoms with Crippen LogP contribution < -0.4 is 5.32 Å². The molecule has 2 atom stereocenters. The summed E-state index contributed by atoms with van der Waals surface area (Å²) in [7, 11) is 0. The van der Waals surface area contributed by atoms with Crippen molar-refractivity contribution in [3.05, 3.63) is 34.3 Å². The van der Waals surface area contributed by atoms with Gasteiger partial charge in [-0.1, -0.05) is 48.0 Å². The number of nitrogens with zero attached hydrogens (tertiary/aromatic N) is 1. The van der Waals surface area contributed by atoms with E-state index >= 15 is 0 Å². The summed E-state index contributed by atoms with van der Waals surface area (Å²) in [6, 6.07) is 9.75. The molecule has 1 heterocycles. The summed E-state index contributed by atoms with van der Waals surface area (Å²) < 4.78 is 1.22. The number of benzene rings is 1. The topological polar surface area (TPSA) is 15.3 Å². The largest absolute Gasteiger partial charge is 0.311 e. The Morgan fingerprint density at radius 3 is 2.78 bits per heavy atom. The van der Waals surface area contributed by atoms with E-state index in [0.717, 1.165) is 19.6 Å². The molecule has 0 spiro atoms. The monoisotopic (exact) mass is 310 g/mol. The molecule has 2 rings (SSSR count). The number of piperazine rings is 1. The van der Waals surface area contributed by atoms with E-state index in [0.29, 0.717) is 18.0 Å². The Morgan fingerprint density at radius 1 is 1.39 bits per heavy atom. The molecule has 0 saturated carbocycles. The Kier molecular flexibility index (Phi) is 4.82. The lowest BCUT2D eigenvalue weighted by molar-refractivity contribution is 0.116. The van der Waals surface area contributed by atoms with E-state index in [1.165, 1.54) is 10.0 Å². The molecule has 1 saturated heterocycles. The van der Waals surface area contributed by atoms with Gasteiger partial charge in [0.25, 0.3) is 0 Å². The van der Waals surface area contributed by atoms with Crippen LogP contribution in [0.5, 0.6) is 0 Å². The molecule has 0 bridgehead atoms. The van der Waals surface area contributed by atoms with Crippen LogP contribution in [0.2, 0.25) is 0 Å². The van der Waals surface area contributed by atoms with Gasteiger partial charge in [-0.2, -0.15) is 0 Å². The smallest absolute Gasteiger partial charge is 0.0248 e. The molecule has 0 aromatic heterocycles. The standard InChI is InChI=1S/C15H23BrN2/c1-11(2)15-10-18(12(3)8-17-15)9-13-6-4-5-7-14(13)16/h4-7,11-12,15,17H,8-10H2,1-3H3. The first-order valence-electron chi connectivity index (χ1n) is 6.78. The molecule has 1 aromatic carbocycles. The van der Waals surface area contributed by atoms with E-state index < -0.39 is 0 Å². The number of hydrogen-bond acceptors (Lipinski definition) is 2. The summed E-state index contributed by atoms with van der Waals surface area (Å²) in [6.45, 7) is 10.2. The summed E-state index contributed by atoms with van der Waals surface area (Å²) in [6.07, 6.45) is 0. The van der Waals surface area contributed by atoms with Gasteiger partial charge in [0, 0.05) is 36.2 Å². The first kappa shape index (κ1) is 14.0. The van der Waals surface area contributed by atoms with Crippen LogP contribution in [-0.4, -0.2) is 30.1 Å². The van der Waals surface area contributed by atoms with Crippen LogP contribution in [0.4, 0.5) is 0 Å². The second-order valence-electron chi connectivity index (χ2n) is 5.63. The highest BCUT2D eigenvalue weighted by atomic mass is 79.9. The number of rotatable bonds is 3. The third-order valence-corrected chi connectivity index (χ3v) is 4.64. The maximum atomic E-state index is 3.65. The molecule has 100 valence electrons. The zero-order chi connectivity index (χ0) is 13.1. The maximum Gasteiger partial charge on any atom is 0.0248 e. The summed E-state index contributed by atoms with van der Waals surface area (Å²) >= 11 is 3.64. The van der Waals surface area contributed by atoms with Crippen molar-refractivity contribution >= 4 is 15.9 Å². The zero-order valence-electron chi connectivity index (χ0n) is 11.5. The van der Waals surface area contributed by atoms with E-state index in [2.05, 4.69) is 71.2 Å². The molecule has 0 aliphatic carbocycles. The van der Waals surface area contributed by atoms with Gasteiger partial charge in [-0.05, 0) is 24.5 Å². The second kappa shape index (κ2) is 6.18. The van der Waals surface area contributed by atoms with Gasteiger partial charge in [0.2, 0.25) is 0 Å². The lowest BCUT2D eigenvalue weighted by Gasteiger charge is -2.40. The Labute approximate surface area is 119 Å². The molecule has 1 N–H and O–H groups in total. The third-order valence-electron chi connectivity index (χ3n) is 3.87. The lowest BCUT2D eigenvalue weighted by Crippen LogP contribution is -2.56. The Hall–Kier alpha value is -0.380. The van der Waals surface area contributed by atoms with Gasteiger partial charge in [0.05, 0.1) is 0 Å². The predicted octanol–water partition coefficient (Wildman–Crippen LogP) is 3.27. The van der Waals surface area contributed by atoms with Crippen LogP contribution in [0.1, 0.15) is 26.3 Å². The molecular weight excluding hydrogens is 288 g/mol. The van der Waals surface area contributed by atoms with Crippen molar-refractivity contribution < 1.29 is 0 Å². The van der Waals surface area contributed by atoms with Gasteiger partial charge < -0.3 is 5.32 Å². The third kappa shape index (κ3) is 3.34. The van der Waals surface area contributed by atoms with Crippen LogP contribution >= 0.6 is 15.9 Å². The van der Waals surface area contributed by atoms with Crippen LogP contribution in [0.3, 0.4) is 0 Å². The number of hydrogen-bond donors (Lipinski definition) is 1. The fourth-order valence-corrected chi connectivity index (χ4v) is 2.87. The van der Waals surface area contributed by atoms with Crippen LogP contribution in [0, 0.1) is 5.92 Å². The molecule has 2 unspecified atom stereocenters. The van der Waals surface area contributed by atoms with E-state index in [9.17, 15) is 0 Å². The van der Waals surface area contributed by atoms with Gasteiger partial charge in [-0.15, -0.1) is 0 Å². The highest BCUT2D eigenvalue weighted by molar-refractivity contribution is 9.10. The molecule has 0 radical (unpaired) electrons. The lowest BCUT2D eigenvalue weighted by atomic mass is 9.99. The minimum Gasteiger partial charge on any atom is -0.311 e. The Bertz CT molecular complexity index is 392. The van der Waals surface area contributed by atoms with Gasteiger partial charge in [-0.3, -0.25) is 4.90 Å². The summed E-state index contributed by atoms with van der Waals surface area (Å²) in [5.74, 6) is 0.694. The highest BCUT2D eigenvalue weighted by Gasteiger charge is 2.26. The quantitative estimate of drug-likeness (QED) is 0.922. The Morgan fingerprint density at radius 2 is 2.11 bits per heavy atom. The summed E-state index contributed by atoms with van der Waals surface area (Å²) in [5.41, 5.74) is 1.38. The fourth-order valence-electron chi connectivity index (χ4n) is 2.46. The first-order chi connectivity index (χ1) is 8.58. The van der Waals surface area contributed by atoms with E-state index in [4.69, 9.17) is 0 Å². The number of halogens is 1. The second-order valence-corrected chi connectivity index (χ2v) is 6.48. The summed E-state index contributed by atoms with van der Waals surface area (Å²) in [4.78, 5) is 2.58. The van der Waals surface area contributed by atoms with Crippen LogP contribution in [0.15, 0.2) is 28.7 Å². The van der Waals surface area contributed by atoms with E-state index in [1.54, 1.807) is 0 Å². The molecule has 1 fully saturated rings. The Balaban J connectivity index is 2.05. The van der Waals surface area contributed by atoms with Crippen LogP contribution in [0.25, 0.3) is 0 Å². The van der Waals surface area contributed by atoms with Crippen molar-refractivity contribution in [1.82, 2.24) is 10.2 Å². The van der Waals surface area contributed by atoms with Crippen molar-refractivity contribution in [3.63, 3.8) is 0 Å². The zero-order valence-corrected chi connectivity index (χ0v) is 13.1. The van der Waals surface area contributed by atoms with Crippen molar-refractivity contribution in [2.45, 2.75) is 39.4 Å². The molecule has 0 amide bonds. The predicted molar refractivity (Wildman–Crippen MR) is 80.6 cm³/mol. The molecule has 1 aliphatic rings. The van der Waals surface area contributed by atoms with Crippen LogP contribution in [-0.2, 0) is 6.54 Å². The average Bonchev–Trinajstić information content (AvgIpc) is 2.34. The van der Waals surface area contributed by atoms with Crippen molar-refractivity contribution in [2.24, 2.45) is 5.92 Å². The van der Waals surface area contributed by atoms with Crippen molar-refractivity contribution in [1.29, 1.82) is 0 Å².